The SMILES string of the molecule is CN(C)C(CNC(=O)C1CCCN(C(=O)c2ccc(Cl)cc2)C1)c1ccsc1. The second-order valence-corrected chi connectivity index (χ2v) is 8.59. The number of carbonyl (C=O) groups is 2. The van der Waals surface area contributed by atoms with Gasteiger partial charge in [0, 0.05) is 30.2 Å². The summed E-state index contributed by atoms with van der Waals surface area (Å²) in [6, 6.07) is 9.14. The molecule has 1 saturated heterocycles. The average molecular weight is 420 g/mol. The number of likely N-dealkylation sites (N-methyl/N-ethyl adjacent to an activating group) is 1. The summed E-state index contributed by atoms with van der Waals surface area (Å²) in [6.45, 7) is 1.70. The van der Waals surface area contributed by atoms with Crippen molar-refractivity contribution in [3.8, 4) is 0 Å². The molecule has 2 unspecified atom stereocenters. The number of hydrogen-bond donors (Lipinski definition) is 1. The van der Waals surface area contributed by atoms with Crippen LogP contribution in [0.25, 0.3) is 0 Å². The Balaban J connectivity index is 1.58. The molecule has 28 heavy (non-hydrogen) atoms. The first-order valence-corrected chi connectivity index (χ1v) is 10.8. The van der Waals surface area contributed by atoms with Crippen molar-refractivity contribution in [2.75, 3.05) is 33.7 Å². The van der Waals surface area contributed by atoms with Crippen LogP contribution in [0.4, 0.5) is 0 Å². The largest absolute Gasteiger partial charge is 0.354 e. The maximum atomic E-state index is 12.8. The number of nitrogens with zero attached hydrogens (tertiary/aromatic N) is 2. The lowest BCUT2D eigenvalue weighted by atomic mass is 9.96. The van der Waals surface area contributed by atoms with Gasteiger partial charge in [-0.05, 0) is 73.6 Å². The molecule has 150 valence electrons. The van der Waals surface area contributed by atoms with Gasteiger partial charge in [0.15, 0.2) is 0 Å². The van der Waals surface area contributed by atoms with E-state index in [1.807, 2.05) is 14.1 Å². The van der Waals surface area contributed by atoms with E-state index in [0.717, 1.165) is 12.8 Å². The van der Waals surface area contributed by atoms with E-state index in [-0.39, 0.29) is 23.8 Å². The molecule has 0 radical (unpaired) electrons. The Morgan fingerprint density at radius 3 is 2.68 bits per heavy atom. The summed E-state index contributed by atoms with van der Waals surface area (Å²) in [4.78, 5) is 29.4. The van der Waals surface area contributed by atoms with Crippen molar-refractivity contribution in [2.24, 2.45) is 5.92 Å². The Morgan fingerprint density at radius 1 is 1.29 bits per heavy atom. The average Bonchev–Trinajstić information content (AvgIpc) is 3.22. The molecule has 1 aliphatic rings. The molecule has 1 aromatic carbocycles. The fourth-order valence-electron chi connectivity index (χ4n) is 3.56. The minimum Gasteiger partial charge on any atom is -0.354 e. The van der Waals surface area contributed by atoms with Gasteiger partial charge in [-0.25, -0.2) is 0 Å². The van der Waals surface area contributed by atoms with Crippen LogP contribution in [0, 0.1) is 5.92 Å². The zero-order chi connectivity index (χ0) is 20.1. The van der Waals surface area contributed by atoms with Gasteiger partial charge in [-0.1, -0.05) is 11.6 Å². The van der Waals surface area contributed by atoms with Crippen LogP contribution >= 0.6 is 22.9 Å². The van der Waals surface area contributed by atoms with E-state index in [1.165, 1.54) is 5.56 Å². The van der Waals surface area contributed by atoms with Crippen LogP contribution in [0.1, 0.15) is 34.8 Å². The molecule has 3 rings (SSSR count). The molecule has 5 nitrogen and oxygen atoms in total. The first-order valence-electron chi connectivity index (χ1n) is 9.47. The van der Waals surface area contributed by atoms with E-state index >= 15 is 0 Å². The number of nitrogens with one attached hydrogen (secondary N) is 1. The Labute approximate surface area is 175 Å². The van der Waals surface area contributed by atoms with Gasteiger partial charge in [0.2, 0.25) is 5.91 Å². The molecule has 2 heterocycles. The second-order valence-electron chi connectivity index (χ2n) is 7.38. The minimum absolute atomic E-state index is 0.0238. The number of rotatable bonds is 6. The van der Waals surface area contributed by atoms with Crippen LogP contribution in [-0.2, 0) is 4.79 Å². The zero-order valence-corrected chi connectivity index (χ0v) is 17.8. The molecule has 2 atom stereocenters. The Hall–Kier alpha value is -1.89. The predicted octanol–water partition coefficient (Wildman–Crippen LogP) is 3.67. The maximum Gasteiger partial charge on any atom is 0.253 e. The summed E-state index contributed by atoms with van der Waals surface area (Å²) in [5.74, 6) is -0.190. The third kappa shape index (κ3) is 5.13. The highest BCUT2D eigenvalue weighted by Gasteiger charge is 2.29. The lowest BCUT2D eigenvalue weighted by Crippen LogP contribution is -2.46. The highest BCUT2D eigenvalue weighted by atomic mass is 35.5. The molecule has 1 aliphatic heterocycles. The second kappa shape index (κ2) is 9.54. The van der Waals surface area contributed by atoms with Crippen molar-refractivity contribution in [3.63, 3.8) is 0 Å². The summed E-state index contributed by atoms with van der Waals surface area (Å²) in [5.41, 5.74) is 1.81. The summed E-state index contributed by atoms with van der Waals surface area (Å²) < 4.78 is 0. The number of halogens is 1. The van der Waals surface area contributed by atoms with Gasteiger partial charge in [0.25, 0.3) is 5.91 Å². The quantitative estimate of drug-likeness (QED) is 0.777. The molecule has 1 fully saturated rings. The van der Waals surface area contributed by atoms with Crippen molar-refractivity contribution < 1.29 is 9.59 Å². The monoisotopic (exact) mass is 419 g/mol. The third-order valence-electron chi connectivity index (χ3n) is 5.19. The number of thiophene rings is 1. The molecule has 2 amide bonds. The highest BCUT2D eigenvalue weighted by Crippen LogP contribution is 2.22. The van der Waals surface area contributed by atoms with Gasteiger partial charge in [-0.3, -0.25) is 9.59 Å². The molecule has 1 N–H and O–H groups in total. The number of amides is 2. The summed E-state index contributed by atoms with van der Waals surface area (Å²) in [6.07, 6.45) is 1.64. The number of piperidine rings is 1. The van der Waals surface area contributed by atoms with Crippen LogP contribution in [0.5, 0.6) is 0 Å². The number of carbonyl (C=O) groups excluding carboxylic acids is 2. The fraction of sp³-hybridized carbons (Fsp3) is 0.429. The molecular weight excluding hydrogens is 394 g/mol. The predicted molar refractivity (Wildman–Crippen MR) is 114 cm³/mol. The molecule has 0 bridgehead atoms. The first-order chi connectivity index (χ1) is 13.5. The van der Waals surface area contributed by atoms with Gasteiger partial charge in [-0.15, -0.1) is 0 Å². The van der Waals surface area contributed by atoms with E-state index in [2.05, 4.69) is 27.0 Å². The molecular formula is C21H26ClN3O2S. The van der Waals surface area contributed by atoms with Gasteiger partial charge in [-0.2, -0.15) is 11.3 Å². The molecule has 0 aliphatic carbocycles. The van der Waals surface area contributed by atoms with Crippen LogP contribution in [0.15, 0.2) is 41.1 Å². The lowest BCUT2D eigenvalue weighted by molar-refractivity contribution is -0.126. The van der Waals surface area contributed by atoms with Crippen molar-refractivity contribution >= 4 is 34.8 Å². The normalized spacial score (nSPS) is 18.1. The van der Waals surface area contributed by atoms with E-state index in [9.17, 15) is 9.59 Å². The van der Waals surface area contributed by atoms with Crippen LogP contribution in [0.2, 0.25) is 5.02 Å². The minimum atomic E-state index is -0.171. The van der Waals surface area contributed by atoms with Crippen molar-refractivity contribution in [1.82, 2.24) is 15.1 Å². The number of likely N-dealkylation sites (tertiary alicyclic amines) is 1. The number of hydrogen-bond acceptors (Lipinski definition) is 4. The van der Waals surface area contributed by atoms with Crippen LogP contribution < -0.4 is 5.32 Å². The Morgan fingerprint density at radius 2 is 2.04 bits per heavy atom. The summed E-state index contributed by atoms with van der Waals surface area (Å²) in [5, 5.41) is 7.87. The maximum absolute atomic E-state index is 12.8. The zero-order valence-electron chi connectivity index (χ0n) is 16.2. The summed E-state index contributed by atoms with van der Waals surface area (Å²) >= 11 is 7.56. The van der Waals surface area contributed by atoms with E-state index in [4.69, 9.17) is 11.6 Å². The highest BCUT2D eigenvalue weighted by molar-refractivity contribution is 7.08. The van der Waals surface area contributed by atoms with E-state index in [1.54, 1.807) is 40.5 Å². The molecule has 0 saturated carbocycles. The first kappa shape index (κ1) is 20.8. The van der Waals surface area contributed by atoms with Crippen molar-refractivity contribution in [3.05, 3.63) is 57.2 Å². The smallest absolute Gasteiger partial charge is 0.253 e. The Kier molecular flexibility index (Phi) is 7.10. The fourth-order valence-corrected chi connectivity index (χ4v) is 4.39. The third-order valence-corrected chi connectivity index (χ3v) is 6.14. The van der Waals surface area contributed by atoms with Gasteiger partial charge in [0.05, 0.1) is 12.0 Å². The topological polar surface area (TPSA) is 52.7 Å². The molecule has 7 heteroatoms. The number of benzene rings is 1. The van der Waals surface area contributed by atoms with Crippen molar-refractivity contribution in [1.29, 1.82) is 0 Å². The van der Waals surface area contributed by atoms with Gasteiger partial charge < -0.3 is 15.1 Å². The van der Waals surface area contributed by atoms with E-state index < -0.39 is 0 Å². The Bertz CT molecular complexity index is 792. The summed E-state index contributed by atoms with van der Waals surface area (Å²) in [7, 11) is 4.03. The lowest BCUT2D eigenvalue weighted by Gasteiger charge is -2.33. The van der Waals surface area contributed by atoms with Gasteiger partial charge >= 0.3 is 0 Å². The van der Waals surface area contributed by atoms with Gasteiger partial charge in [0.1, 0.15) is 0 Å². The molecule has 2 aromatic rings. The van der Waals surface area contributed by atoms with E-state index in [0.29, 0.717) is 30.2 Å². The van der Waals surface area contributed by atoms with Crippen molar-refractivity contribution in [2.45, 2.75) is 18.9 Å². The van der Waals surface area contributed by atoms with Crippen LogP contribution in [-0.4, -0.2) is 55.3 Å². The standard InChI is InChI=1S/C21H26ClN3O2S/c1-24(2)19(17-9-11-28-14-17)12-23-20(26)16-4-3-10-25(13-16)21(27)15-5-7-18(22)8-6-15/h5-9,11,14,16,19H,3-4,10,12-13H2,1-2H3,(H,23,26). The van der Waals surface area contributed by atoms with Crippen LogP contribution in [0.3, 0.4) is 0 Å². The molecule has 0 spiro atoms. The molecule has 1 aromatic heterocycles.